The van der Waals surface area contributed by atoms with Crippen LogP contribution < -0.4 is 10.7 Å². The maximum absolute atomic E-state index is 12.8. The summed E-state index contributed by atoms with van der Waals surface area (Å²) in [5, 5.41) is 13.7. The normalized spacial score (nSPS) is 12.5. The Bertz CT molecular complexity index is 1580. The molecule has 1 amide bonds. The van der Waals surface area contributed by atoms with Crippen molar-refractivity contribution in [3.63, 3.8) is 0 Å². The average molecular weight is 572 g/mol. The lowest BCUT2D eigenvalue weighted by atomic mass is 10.3. The second-order valence-electron chi connectivity index (χ2n) is 6.77. The van der Waals surface area contributed by atoms with Gasteiger partial charge in [-0.3, -0.25) is 19.3 Å². The third-order valence-corrected chi connectivity index (χ3v) is 6.57. The fourth-order valence-corrected chi connectivity index (χ4v) is 3.84. The SMILES string of the molecule is O=C(Nc1ccccc1)/C(N=Nc1cc(S(=O)(=O)O)ccc1Cl)=N/Nc1cc(S(=O)(=O)O)ccc1Cl. The average Bonchev–Trinajstić information content (AvgIpc) is 2.80. The number of para-hydroxylation sites is 1. The van der Waals surface area contributed by atoms with Gasteiger partial charge >= 0.3 is 0 Å². The molecule has 0 aliphatic carbocycles. The largest absolute Gasteiger partial charge is 0.319 e. The van der Waals surface area contributed by atoms with Crippen LogP contribution in [0.3, 0.4) is 0 Å². The first-order chi connectivity index (χ1) is 16.8. The van der Waals surface area contributed by atoms with E-state index in [4.69, 9.17) is 23.2 Å². The summed E-state index contributed by atoms with van der Waals surface area (Å²) in [6.45, 7) is 0. The van der Waals surface area contributed by atoms with E-state index in [9.17, 15) is 30.7 Å². The highest BCUT2D eigenvalue weighted by Gasteiger charge is 2.16. The highest BCUT2D eigenvalue weighted by molar-refractivity contribution is 7.86. The number of halogens is 2. The number of benzene rings is 3. The molecule has 16 heteroatoms. The zero-order chi connectivity index (χ0) is 26.5. The van der Waals surface area contributed by atoms with Gasteiger partial charge in [0.25, 0.3) is 32.0 Å². The Morgan fingerprint density at radius 3 is 2.00 bits per heavy atom. The predicted molar refractivity (Wildman–Crippen MR) is 133 cm³/mol. The van der Waals surface area contributed by atoms with Crippen molar-refractivity contribution in [1.82, 2.24) is 0 Å². The third kappa shape index (κ3) is 7.30. The predicted octanol–water partition coefficient (Wildman–Crippen LogP) is 4.63. The lowest BCUT2D eigenvalue weighted by molar-refractivity contribution is -0.110. The second-order valence-corrected chi connectivity index (χ2v) is 10.4. The first-order valence-corrected chi connectivity index (χ1v) is 13.1. The zero-order valence-electron chi connectivity index (χ0n) is 17.7. The monoisotopic (exact) mass is 571 g/mol. The highest BCUT2D eigenvalue weighted by Crippen LogP contribution is 2.29. The van der Waals surface area contributed by atoms with E-state index in [1.54, 1.807) is 30.3 Å². The van der Waals surface area contributed by atoms with Crippen molar-refractivity contribution < 1.29 is 30.7 Å². The van der Waals surface area contributed by atoms with Gasteiger partial charge in [0, 0.05) is 5.69 Å². The quantitative estimate of drug-likeness (QED) is 0.108. The topological polar surface area (TPSA) is 187 Å². The molecule has 0 heterocycles. The molecule has 0 saturated carbocycles. The smallest absolute Gasteiger partial charge is 0.297 e. The number of hydrogen-bond acceptors (Lipinski definition) is 8. The molecule has 12 nitrogen and oxygen atoms in total. The van der Waals surface area contributed by atoms with E-state index in [1.165, 1.54) is 6.07 Å². The molecule has 0 fully saturated rings. The van der Waals surface area contributed by atoms with Crippen LogP contribution in [0.2, 0.25) is 10.0 Å². The summed E-state index contributed by atoms with van der Waals surface area (Å²) >= 11 is 12.0. The molecule has 0 saturated heterocycles. The lowest BCUT2D eigenvalue weighted by Gasteiger charge is -2.08. The van der Waals surface area contributed by atoms with Crippen molar-refractivity contribution >= 4 is 72.2 Å². The minimum atomic E-state index is -4.57. The molecule has 0 bridgehead atoms. The number of carbonyl (C=O) groups excluding carboxylic acids is 1. The van der Waals surface area contributed by atoms with Crippen molar-refractivity contribution in [2.75, 3.05) is 10.7 Å². The summed E-state index contributed by atoms with van der Waals surface area (Å²) in [6.07, 6.45) is 0. The maximum atomic E-state index is 12.8. The molecule has 188 valence electrons. The van der Waals surface area contributed by atoms with Crippen LogP contribution in [-0.4, -0.2) is 37.7 Å². The Labute approximate surface area is 215 Å². The fraction of sp³-hybridized carbons (Fsp3) is 0. The van der Waals surface area contributed by atoms with E-state index in [1.807, 2.05) is 0 Å². The number of rotatable bonds is 6. The molecular formula is C20H15Cl2N5O7S2. The van der Waals surface area contributed by atoms with Gasteiger partial charge in [-0.05, 0) is 48.5 Å². The number of anilines is 2. The first-order valence-electron chi connectivity index (χ1n) is 9.50. The molecule has 0 radical (unpaired) electrons. The minimum absolute atomic E-state index is 0.00481. The summed E-state index contributed by atoms with van der Waals surface area (Å²) < 4.78 is 64.1. The third-order valence-electron chi connectivity index (χ3n) is 4.22. The number of nitrogens with one attached hydrogen (secondary N) is 2. The van der Waals surface area contributed by atoms with Crippen LogP contribution in [0.25, 0.3) is 0 Å². The molecule has 3 aromatic carbocycles. The minimum Gasteiger partial charge on any atom is -0.319 e. The lowest BCUT2D eigenvalue weighted by Crippen LogP contribution is -2.22. The molecule has 36 heavy (non-hydrogen) atoms. The summed E-state index contributed by atoms with van der Waals surface area (Å²) in [5.74, 6) is -1.48. The molecule has 3 aromatic rings. The Morgan fingerprint density at radius 2 is 1.39 bits per heavy atom. The number of amidine groups is 1. The van der Waals surface area contributed by atoms with Gasteiger partial charge in [0.1, 0.15) is 5.69 Å². The molecule has 0 aliphatic rings. The van der Waals surface area contributed by atoms with Gasteiger partial charge in [-0.2, -0.15) is 16.8 Å². The van der Waals surface area contributed by atoms with Gasteiger partial charge in [-0.1, -0.05) is 41.4 Å². The standard InChI is InChI=1S/C20H15Cl2N5O7S2/c21-15-8-6-13(35(29,30)31)10-17(15)24-26-19(20(28)23-12-4-2-1-3-5-12)27-25-18-11-14(36(32,33)34)7-9-16(18)22/h1-11,24H,(H,23,28)(H,29,30,31)(H,32,33,34)/b26-19-,27-25?. The van der Waals surface area contributed by atoms with Gasteiger partial charge in [0.2, 0.25) is 0 Å². The molecule has 0 atom stereocenters. The Kier molecular flexibility index (Phi) is 8.39. The van der Waals surface area contributed by atoms with Crippen molar-refractivity contribution in [2.45, 2.75) is 9.79 Å². The van der Waals surface area contributed by atoms with E-state index < -0.39 is 41.8 Å². The number of hydrogen-bond donors (Lipinski definition) is 4. The second kappa shape index (κ2) is 11.1. The highest BCUT2D eigenvalue weighted by atomic mass is 35.5. The van der Waals surface area contributed by atoms with Crippen LogP contribution >= 0.6 is 23.2 Å². The molecule has 0 aromatic heterocycles. The molecule has 4 N–H and O–H groups in total. The van der Waals surface area contributed by atoms with Gasteiger partial charge < -0.3 is 5.32 Å². The van der Waals surface area contributed by atoms with Crippen LogP contribution in [0.15, 0.2) is 91.9 Å². The van der Waals surface area contributed by atoms with Crippen molar-refractivity contribution in [2.24, 2.45) is 15.3 Å². The van der Waals surface area contributed by atoms with E-state index in [0.717, 1.165) is 30.3 Å². The van der Waals surface area contributed by atoms with Crippen LogP contribution in [0.1, 0.15) is 0 Å². The zero-order valence-corrected chi connectivity index (χ0v) is 20.8. The molecule has 3 rings (SSSR count). The van der Waals surface area contributed by atoms with E-state index >= 15 is 0 Å². The maximum Gasteiger partial charge on any atom is 0.297 e. The van der Waals surface area contributed by atoms with Gasteiger partial charge in [-0.15, -0.1) is 15.3 Å². The van der Waals surface area contributed by atoms with Gasteiger partial charge in [0.05, 0.1) is 25.5 Å². The molecule has 0 spiro atoms. The van der Waals surface area contributed by atoms with E-state index in [2.05, 4.69) is 26.1 Å². The van der Waals surface area contributed by atoms with Crippen molar-refractivity contribution in [1.29, 1.82) is 0 Å². The Morgan fingerprint density at radius 1 is 0.806 bits per heavy atom. The van der Waals surface area contributed by atoms with Crippen molar-refractivity contribution in [3.8, 4) is 0 Å². The van der Waals surface area contributed by atoms with E-state index in [0.29, 0.717) is 5.69 Å². The van der Waals surface area contributed by atoms with Crippen molar-refractivity contribution in [3.05, 3.63) is 76.8 Å². The van der Waals surface area contributed by atoms with Crippen LogP contribution in [0.5, 0.6) is 0 Å². The molecule has 0 aliphatic heterocycles. The van der Waals surface area contributed by atoms with E-state index in [-0.39, 0.29) is 21.4 Å². The summed E-state index contributed by atoms with van der Waals surface area (Å²) in [7, 11) is -9.13. The van der Waals surface area contributed by atoms with Gasteiger partial charge in [0.15, 0.2) is 0 Å². The first kappa shape index (κ1) is 27.2. The molecular weight excluding hydrogens is 557 g/mol. The number of amides is 1. The summed E-state index contributed by atoms with van der Waals surface area (Å²) in [5.41, 5.74) is 2.45. The molecule has 0 unspecified atom stereocenters. The number of hydrazone groups is 1. The van der Waals surface area contributed by atoms with Crippen LogP contribution in [0.4, 0.5) is 17.1 Å². The van der Waals surface area contributed by atoms with Crippen LogP contribution in [0, 0.1) is 0 Å². The number of azo groups is 1. The van der Waals surface area contributed by atoms with Gasteiger partial charge in [-0.25, -0.2) is 0 Å². The summed E-state index contributed by atoms with van der Waals surface area (Å²) in [6, 6.07) is 14.5. The fourth-order valence-electron chi connectivity index (χ4n) is 2.52. The number of carbonyl (C=O) groups is 1. The number of nitrogens with zero attached hydrogens (tertiary/aromatic N) is 3. The summed E-state index contributed by atoms with van der Waals surface area (Å²) in [4.78, 5) is 11.8. The Hall–Kier alpha value is -3.40. The Balaban J connectivity index is 2.00. The van der Waals surface area contributed by atoms with Crippen LogP contribution in [-0.2, 0) is 25.0 Å².